The van der Waals surface area contributed by atoms with Gasteiger partial charge in [-0.05, 0) is 144 Å². The van der Waals surface area contributed by atoms with Gasteiger partial charge in [-0.15, -0.1) is 0 Å². The molecule has 0 bridgehead atoms. The molecule has 22 aromatic carbocycles. The van der Waals surface area contributed by atoms with Crippen LogP contribution in [0.5, 0.6) is 0 Å². The third kappa shape index (κ3) is 14.2. The lowest BCUT2D eigenvalue weighted by atomic mass is 9.91. The molecule has 10 nitrogen and oxygen atoms in total. The van der Waals surface area contributed by atoms with Crippen LogP contribution < -0.4 is 0 Å². The maximum absolute atomic E-state index is 5.22. The van der Waals surface area contributed by atoms with Crippen LogP contribution in [0.2, 0.25) is 0 Å². The van der Waals surface area contributed by atoms with Crippen molar-refractivity contribution in [1.82, 2.24) is 47.3 Å². The molecule has 30 rings (SSSR count). The highest BCUT2D eigenvalue weighted by atomic mass is 15.1. The van der Waals surface area contributed by atoms with Gasteiger partial charge in [-0.2, -0.15) is 0 Å². The molecular weight excluding hydrogens is 1820 g/mol. The molecule has 0 spiro atoms. The Kier molecular flexibility index (Phi) is 20.7. The average molecular weight is 1910 g/mol. The van der Waals surface area contributed by atoms with Crippen molar-refractivity contribution in [2.45, 2.75) is 0 Å². The van der Waals surface area contributed by atoms with Gasteiger partial charge in [0, 0.05) is 120 Å². The van der Waals surface area contributed by atoms with Crippen LogP contribution >= 0.6 is 0 Å². The van der Waals surface area contributed by atoms with Crippen molar-refractivity contribution < 1.29 is 0 Å². The summed E-state index contributed by atoms with van der Waals surface area (Å²) >= 11 is 0. The molecule has 0 aliphatic heterocycles. The summed E-state index contributed by atoms with van der Waals surface area (Å²) in [4.78, 5) is 20.7. The molecular formula is C140H90N10. The number of nitrogens with zero attached hydrogens (tertiary/aromatic N) is 10. The highest BCUT2D eigenvalue weighted by Gasteiger charge is 2.30. The van der Waals surface area contributed by atoms with Crippen molar-refractivity contribution in [3.8, 4) is 146 Å². The Hall–Kier alpha value is -20.2. The number of benzene rings is 22. The summed E-state index contributed by atoms with van der Waals surface area (Å²) in [5.74, 6) is 1.37. The molecule has 700 valence electrons. The van der Waals surface area contributed by atoms with Crippen molar-refractivity contribution in [3.05, 3.63) is 546 Å². The van der Waals surface area contributed by atoms with Crippen molar-refractivity contribution in [3.63, 3.8) is 0 Å². The number of fused-ring (bicyclic) bond motifs is 18. The molecule has 0 saturated carbocycles. The van der Waals surface area contributed by atoms with Crippen LogP contribution in [0.3, 0.4) is 0 Å². The number of para-hydroxylation sites is 12. The number of aromatic nitrogens is 10. The summed E-state index contributed by atoms with van der Waals surface area (Å²) in [5, 5.41) is 14.7. The second-order valence-electron chi connectivity index (χ2n) is 38.5. The van der Waals surface area contributed by atoms with Crippen molar-refractivity contribution in [1.29, 1.82) is 0 Å². The molecule has 30 aromatic rings. The first-order valence-corrected chi connectivity index (χ1v) is 51.2. The Labute approximate surface area is 864 Å². The first-order valence-electron chi connectivity index (χ1n) is 51.2. The Morgan fingerprint density at radius 2 is 0.307 bits per heavy atom. The summed E-state index contributed by atoms with van der Waals surface area (Å²) in [5.41, 5.74) is 39.1. The first-order chi connectivity index (χ1) is 74.5. The van der Waals surface area contributed by atoms with E-state index in [9.17, 15) is 0 Å². The summed E-state index contributed by atoms with van der Waals surface area (Å²) < 4.78 is 14.8. The number of hydrogen-bond donors (Lipinski definition) is 0. The molecule has 0 aliphatic carbocycles. The fourth-order valence-corrected chi connectivity index (χ4v) is 23.7. The zero-order valence-corrected chi connectivity index (χ0v) is 81.4. The number of rotatable bonds is 16. The molecule has 0 saturated heterocycles. The van der Waals surface area contributed by atoms with E-state index in [-0.39, 0.29) is 0 Å². The lowest BCUT2D eigenvalue weighted by Crippen LogP contribution is -2.02. The maximum atomic E-state index is 5.22. The molecule has 150 heavy (non-hydrogen) atoms. The normalized spacial score (nSPS) is 11.7. The molecule has 0 amide bonds. The largest absolute Gasteiger partial charge is 0.309 e. The molecule has 0 fully saturated rings. The van der Waals surface area contributed by atoms with E-state index in [0.717, 1.165) is 179 Å². The van der Waals surface area contributed by atoms with E-state index in [1.165, 1.54) is 86.7 Å². The van der Waals surface area contributed by atoms with Gasteiger partial charge >= 0.3 is 0 Å². The van der Waals surface area contributed by atoms with Crippen LogP contribution in [-0.2, 0) is 0 Å². The monoisotopic (exact) mass is 1910 g/mol. The first kappa shape index (κ1) is 86.5. The highest BCUT2D eigenvalue weighted by Crippen LogP contribution is 2.51. The SMILES string of the molecule is c1ccc(-c2cc(-c3ccc(-c4c(-c5ccccc5-n5c6ccccc6c6c(-n7c8ccccc8c8ccccc87)cccc65)cccc4-n4c5ccccc5c5ccccc54)cc3)nc(-c3ccccc3)n2)cc1.c1ccc(-c2cc(-c3ccccc3)nc(-c3ccc(-c4c(-c5ccccc5-n5c6ccccc6c6c(-n7c8ccccc8c8ccccc87)cccc65)cccc4-n4c5ccccc5c5ccccc54)cc3)n2)cc1. The molecule has 0 atom stereocenters. The van der Waals surface area contributed by atoms with E-state index >= 15 is 0 Å². The van der Waals surface area contributed by atoms with E-state index in [2.05, 4.69) is 537 Å². The molecule has 0 aliphatic rings. The van der Waals surface area contributed by atoms with Crippen LogP contribution in [0.1, 0.15) is 0 Å². The van der Waals surface area contributed by atoms with Crippen LogP contribution in [0.25, 0.3) is 277 Å². The van der Waals surface area contributed by atoms with Gasteiger partial charge in [0.25, 0.3) is 0 Å². The zero-order valence-electron chi connectivity index (χ0n) is 81.4. The minimum atomic E-state index is 0.676. The predicted octanol–water partition coefficient (Wildman–Crippen LogP) is 36.2. The minimum Gasteiger partial charge on any atom is -0.309 e. The number of hydrogen-bond acceptors (Lipinski definition) is 4. The van der Waals surface area contributed by atoms with E-state index in [1.54, 1.807) is 0 Å². The van der Waals surface area contributed by atoms with Crippen LogP contribution in [0.15, 0.2) is 546 Å². The molecule has 10 heteroatoms. The van der Waals surface area contributed by atoms with Crippen LogP contribution in [0.4, 0.5) is 0 Å². The lowest BCUT2D eigenvalue weighted by molar-refractivity contribution is 1.16. The van der Waals surface area contributed by atoms with Gasteiger partial charge in [0.2, 0.25) is 0 Å². The van der Waals surface area contributed by atoms with Crippen molar-refractivity contribution in [2.75, 3.05) is 0 Å². The van der Waals surface area contributed by atoms with Gasteiger partial charge in [-0.25, -0.2) is 19.9 Å². The van der Waals surface area contributed by atoms with Gasteiger partial charge in [-0.1, -0.05) is 425 Å². The second-order valence-corrected chi connectivity index (χ2v) is 38.5. The van der Waals surface area contributed by atoms with E-state index < -0.39 is 0 Å². The Bertz CT molecular complexity index is 9660. The van der Waals surface area contributed by atoms with Crippen molar-refractivity contribution in [2.24, 2.45) is 0 Å². The summed E-state index contributed by atoms with van der Waals surface area (Å²) in [6.45, 7) is 0. The maximum Gasteiger partial charge on any atom is 0.160 e. The molecule has 0 N–H and O–H groups in total. The quantitative estimate of drug-likeness (QED) is 0.0965. The smallest absolute Gasteiger partial charge is 0.160 e. The van der Waals surface area contributed by atoms with E-state index in [4.69, 9.17) is 19.9 Å². The Morgan fingerprint density at radius 1 is 0.120 bits per heavy atom. The van der Waals surface area contributed by atoms with Gasteiger partial charge in [0.05, 0.1) is 123 Å². The third-order valence-corrected chi connectivity index (χ3v) is 30.2. The third-order valence-electron chi connectivity index (χ3n) is 30.2. The van der Waals surface area contributed by atoms with Crippen LogP contribution in [-0.4, -0.2) is 47.3 Å². The van der Waals surface area contributed by atoms with Gasteiger partial charge in [0.1, 0.15) is 0 Å². The molecule has 0 radical (unpaired) electrons. The summed E-state index contributed by atoms with van der Waals surface area (Å²) in [6, 6.07) is 197. The molecule has 0 unspecified atom stereocenters. The summed E-state index contributed by atoms with van der Waals surface area (Å²) in [7, 11) is 0. The predicted molar refractivity (Wildman–Crippen MR) is 624 cm³/mol. The van der Waals surface area contributed by atoms with E-state index in [0.29, 0.717) is 11.6 Å². The van der Waals surface area contributed by atoms with Crippen molar-refractivity contribution >= 4 is 131 Å². The standard InChI is InChI=1S/2C70H45N5/c1-3-21-46(22-4-1)57-45-58(72-70(71-57)49-23-5-2-6-24-49)47-41-43-48(44-42-47)68-55(31-19-38-65(68)73-59-32-13-7-25-50(59)51-26-8-14-33-60(51)73)54-29-11-17-36-63(54)75-64-37-18-12-30-56(64)69-66(39-20-40-67(69)75)74-61-34-15-9-27-52(61)53-28-10-16-35-62(53)74;1-3-21-46(22-4-1)57-45-58(47-23-5-2-6-24-47)72-70(71-57)49-43-41-48(42-44-49)68-55(31-19-38-65(68)73-59-32-13-7-25-50(59)51-26-8-14-33-60(51)73)54-29-11-17-36-63(54)75-64-37-18-12-30-56(64)69-66(39-20-40-67(69)75)74-61-34-15-9-27-52(61)53-28-10-16-35-62(53)74/h2*1-45H. The average Bonchev–Trinajstić information content (AvgIpc) is 1.57. The minimum absolute atomic E-state index is 0.676. The van der Waals surface area contributed by atoms with Crippen LogP contribution in [0, 0.1) is 0 Å². The Morgan fingerprint density at radius 3 is 0.613 bits per heavy atom. The fraction of sp³-hybridized carbons (Fsp3) is 0. The van der Waals surface area contributed by atoms with Gasteiger partial charge in [-0.3, -0.25) is 0 Å². The molecule has 8 aromatic heterocycles. The summed E-state index contributed by atoms with van der Waals surface area (Å²) in [6.07, 6.45) is 0. The fourth-order valence-electron chi connectivity index (χ4n) is 23.7. The molecule has 8 heterocycles. The zero-order chi connectivity index (χ0) is 98.8. The topological polar surface area (TPSA) is 81.1 Å². The van der Waals surface area contributed by atoms with Gasteiger partial charge < -0.3 is 27.4 Å². The van der Waals surface area contributed by atoms with E-state index in [1.807, 2.05) is 36.4 Å². The lowest BCUT2D eigenvalue weighted by Gasteiger charge is -2.21. The highest BCUT2D eigenvalue weighted by molar-refractivity contribution is 6.20. The Balaban J connectivity index is 0.000000141. The van der Waals surface area contributed by atoms with Gasteiger partial charge in [0.15, 0.2) is 11.6 Å². The second kappa shape index (κ2) is 36.0.